The topological polar surface area (TPSA) is 77.4 Å². The van der Waals surface area contributed by atoms with Gasteiger partial charge in [0.25, 0.3) is 0 Å². The Morgan fingerprint density at radius 2 is 0.920 bits per heavy atom. The summed E-state index contributed by atoms with van der Waals surface area (Å²) in [6.45, 7) is 7.34. The van der Waals surface area contributed by atoms with Gasteiger partial charge in [-0.1, -0.05) is 71.6 Å². The Bertz CT molecular complexity index is 362. The molecule has 0 heterocycles. The van der Waals surface area contributed by atoms with Crippen LogP contribution in [0.25, 0.3) is 0 Å². The summed E-state index contributed by atoms with van der Waals surface area (Å²) in [6, 6.07) is 0. The van der Waals surface area contributed by atoms with Gasteiger partial charge in [-0.2, -0.15) is 0 Å². The fourth-order valence-corrected chi connectivity index (χ4v) is 2.93. The Labute approximate surface area is 157 Å². The van der Waals surface area contributed by atoms with Gasteiger partial charge < -0.3 is 9.04 Å². The largest absolute Gasteiger partial charge is 0.726 e. The molecule has 5 nitrogen and oxygen atoms in total. The second kappa shape index (κ2) is 17.3. The molecule has 0 saturated carbocycles. The van der Waals surface area contributed by atoms with Gasteiger partial charge in [0.15, 0.2) is 0 Å². The van der Waals surface area contributed by atoms with Crippen molar-refractivity contribution >= 4 is 10.4 Å². The number of unbranched alkanes of at least 4 members (excludes halogenated alkanes) is 11. The van der Waals surface area contributed by atoms with Crippen molar-refractivity contribution in [1.29, 1.82) is 0 Å². The lowest BCUT2D eigenvalue weighted by atomic mass is 10.1. The van der Waals surface area contributed by atoms with Crippen LogP contribution in [-0.2, 0) is 10.4 Å². The number of quaternary nitrogens is 1. The fourth-order valence-electron chi connectivity index (χ4n) is 2.93. The van der Waals surface area contributed by atoms with Crippen molar-refractivity contribution < 1.29 is 22.0 Å². The molecule has 0 fully saturated rings. The van der Waals surface area contributed by atoms with Crippen LogP contribution in [0.2, 0.25) is 0 Å². The van der Waals surface area contributed by atoms with Crippen LogP contribution >= 0.6 is 0 Å². The van der Waals surface area contributed by atoms with E-state index in [0.29, 0.717) is 0 Å². The first-order chi connectivity index (χ1) is 11.6. The standard InChI is InChI=1S/C19H42N.H2O4S/c1-5-7-9-11-12-13-14-15-17-19-20(3,4)18-16-10-8-6-2;1-5(2,3)4/h5-19H2,1-4H3;(H2,1,2,3,4)/q+1;/p-1. The van der Waals surface area contributed by atoms with Crippen molar-refractivity contribution in [3.63, 3.8) is 0 Å². The van der Waals surface area contributed by atoms with Crippen molar-refractivity contribution in [1.82, 2.24) is 0 Å². The molecule has 0 atom stereocenters. The van der Waals surface area contributed by atoms with Gasteiger partial charge in [0.1, 0.15) is 0 Å². The van der Waals surface area contributed by atoms with Crippen molar-refractivity contribution in [2.45, 2.75) is 97.3 Å². The zero-order valence-corrected chi connectivity index (χ0v) is 18.0. The molecule has 0 aromatic rings. The lowest BCUT2D eigenvalue weighted by molar-refractivity contribution is -0.890. The summed E-state index contributed by atoms with van der Waals surface area (Å²) in [6.07, 6.45) is 18.6. The van der Waals surface area contributed by atoms with Crippen LogP contribution in [0.15, 0.2) is 0 Å². The molecule has 0 rings (SSSR count). The van der Waals surface area contributed by atoms with Crippen LogP contribution in [0.5, 0.6) is 0 Å². The molecule has 1 N–H and O–H groups in total. The van der Waals surface area contributed by atoms with Gasteiger partial charge in [0.2, 0.25) is 10.4 Å². The molecular weight excluding hydrogens is 338 g/mol. The maximum absolute atomic E-state index is 8.63. The molecule has 0 aliphatic carbocycles. The summed E-state index contributed by atoms with van der Waals surface area (Å²) in [4.78, 5) is 0. The minimum absolute atomic E-state index is 1.24. The average molecular weight is 382 g/mol. The Hall–Kier alpha value is -0.170. The van der Waals surface area contributed by atoms with E-state index in [1.165, 1.54) is 101 Å². The molecule has 6 heteroatoms. The third kappa shape index (κ3) is 32.0. The fraction of sp³-hybridized carbons (Fsp3) is 1.00. The monoisotopic (exact) mass is 381 g/mol. The Balaban J connectivity index is 0. The van der Waals surface area contributed by atoms with Crippen molar-refractivity contribution in [3.8, 4) is 0 Å². The van der Waals surface area contributed by atoms with Crippen LogP contribution in [-0.4, -0.2) is 49.2 Å². The predicted molar refractivity (Wildman–Crippen MR) is 106 cm³/mol. The van der Waals surface area contributed by atoms with E-state index in [-0.39, 0.29) is 0 Å². The zero-order chi connectivity index (χ0) is 19.6. The first kappa shape index (κ1) is 27.1. The summed E-state index contributed by atoms with van der Waals surface area (Å²) in [5.41, 5.74) is 0. The maximum Gasteiger partial charge on any atom is 0.215 e. The predicted octanol–water partition coefficient (Wildman–Crippen LogP) is 5.18. The first-order valence-corrected chi connectivity index (χ1v) is 11.5. The normalized spacial score (nSPS) is 11.9. The molecule has 0 amide bonds. The van der Waals surface area contributed by atoms with E-state index >= 15 is 0 Å². The first-order valence-electron chi connectivity index (χ1n) is 10.1. The molecular formula is C19H43NO4S. The SMILES string of the molecule is CCCCCCCCCCC[N+](C)(C)CCCCCC.O=S(=O)([O-])O. The Morgan fingerprint density at radius 3 is 1.24 bits per heavy atom. The molecule has 0 unspecified atom stereocenters. The van der Waals surface area contributed by atoms with Gasteiger partial charge in [-0.25, -0.2) is 8.42 Å². The molecule has 0 saturated heterocycles. The van der Waals surface area contributed by atoms with Crippen LogP contribution in [0.3, 0.4) is 0 Å². The number of rotatable bonds is 15. The quantitative estimate of drug-likeness (QED) is 0.183. The summed E-state index contributed by atoms with van der Waals surface area (Å²) >= 11 is 0. The third-order valence-corrected chi connectivity index (χ3v) is 4.48. The van der Waals surface area contributed by atoms with Gasteiger partial charge in [0, 0.05) is 0 Å². The van der Waals surface area contributed by atoms with E-state index in [0.717, 1.165) is 0 Å². The third-order valence-electron chi connectivity index (χ3n) is 4.48. The molecule has 0 spiro atoms. The minimum atomic E-state index is -4.92. The summed E-state index contributed by atoms with van der Waals surface area (Å²) < 4.78 is 34.1. The minimum Gasteiger partial charge on any atom is -0.726 e. The number of nitrogens with zero attached hydrogens (tertiary/aromatic N) is 1. The molecule has 0 aromatic heterocycles. The van der Waals surface area contributed by atoms with Crippen LogP contribution in [0.1, 0.15) is 97.3 Å². The summed E-state index contributed by atoms with van der Waals surface area (Å²) in [5.74, 6) is 0. The Morgan fingerprint density at radius 1 is 0.680 bits per heavy atom. The van der Waals surface area contributed by atoms with Crippen molar-refractivity contribution in [3.05, 3.63) is 0 Å². The zero-order valence-electron chi connectivity index (χ0n) is 17.1. The smallest absolute Gasteiger partial charge is 0.215 e. The molecule has 0 aliphatic heterocycles. The highest BCUT2D eigenvalue weighted by Gasteiger charge is 2.13. The van der Waals surface area contributed by atoms with Gasteiger partial charge in [-0.05, 0) is 25.7 Å². The molecule has 0 aliphatic rings. The maximum atomic E-state index is 8.63. The molecule has 0 radical (unpaired) electrons. The number of hydrogen-bond acceptors (Lipinski definition) is 3. The second-order valence-corrected chi connectivity index (χ2v) is 8.56. The highest BCUT2D eigenvalue weighted by molar-refractivity contribution is 7.79. The van der Waals surface area contributed by atoms with Crippen molar-refractivity contribution in [2.75, 3.05) is 27.2 Å². The summed E-state index contributed by atoms with van der Waals surface area (Å²) in [5, 5.41) is 0. The highest BCUT2D eigenvalue weighted by Crippen LogP contribution is 2.12. The van der Waals surface area contributed by atoms with Crippen LogP contribution in [0.4, 0.5) is 0 Å². The molecule has 25 heavy (non-hydrogen) atoms. The van der Waals surface area contributed by atoms with Crippen molar-refractivity contribution in [2.24, 2.45) is 0 Å². The highest BCUT2D eigenvalue weighted by atomic mass is 32.3. The summed E-state index contributed by atoms with van der Waals surface area (Å²) in [7, 11) is -0.0899. The van der Waals surface area contributed by atoms with Gasteiger partial charge in [-0.3, -0.25) is 4.55 Å². The van der Waals surface area contributed by atoms with E-state index in [1.807, 2.05) is 0 Å². The van der Waals surface area contributed by atoms with E-state index in [2.05, 4.69) is 27.9 Å². The van der Waals surface area contributed by atoms with Gasteiger partial charge in [-0.15, -0.1) is 0 Å². The van der Waals surface area contributed by atoms with Crippen LogP contribution in [0, 0.1) is 0 Å². The van der Waals surface area contributed by atoms with Gasteiger partial charge >= 0.3 is 0 Å². The van der Waals surface area contributed by atoms with E-state index < -0.39 is 10.4 Å². The van der Waals surface area contributed by atoms with E-state index in [9.17, 15) is 0 Å². The lowest BCUT2D eigenvalue weighted by Gasteiger charge is -2.30. The lowest BCUT2D eigenvalue weighted by Crippen LogP contribution is -2.41. The molecule has 0 bridgehead atoms. The number of hydrogen-bond donors (Lipinski definition) is 1. The molecule has 154 valence electrons. The van der Waals surface area contributed by atoms with Crippen LogP contribution < -0.4 is 0 Å². The molecule has 0 aromatic carbocycles. The van der Waals surface area contributed by atoms with Gasteiger partial charge in [0.05, 0.1) is 27.2 Å². The van der Waals surface area contributed by atoms with E-state index in [1.54, 1.807) is 0 Å². The average Bonchev–Trinajstić information content (AvgIpc) is 2.48. The Kier molecular flexibility index (Phi) is 18.7. The second-order valence-electron chi connectivity index (χ2n) is 7.70. The van der Waals surface area contributed by atoms with E-state index in [4.69, 9.17) is 17.5 Å².